The minimum atomic E-state index is -0.426. The molecule has 0 bridgehead atoms. The van der Waals surface area contributed by atoms with Crippen LogP contribution in [0.25, 0.3) is 0 Å². The molecule has 1 heterocycles. The Bertz CT molecular complexity index is 806. The van der Waals surface area contributed by atoms with E-state index < -0.39 is 6.10 Å². The lowest BCUT2D eigenvalue weighted by molar-refractivity contribution is -0.0511. The molecule has 8 atom stereocenters. The molecule has 31 heavy (non-hydrogen) atoms. The molecule has 4 aliphatic rings. The van der Waals surface area contributed by atoms with Gasteiger partial charge in [0.2, 0.25) is 0 Å². The van der Waals surface area contributed by atoms with Crippen molar-refractivity contribution in [2.24, 2.45) is 34.5 Å². The molecule has 3 saturated carbocycles. The number of hydrogen-bond acceptors (Lipinski definition) is 3. The Balaban J connectivity index is 1.24. The summed E-state index contributed by atoms with van der Waals surface area (Å²) in [7, 11) is 0. The first kappa shape index (κ1) is 21.6. The molecular weight excluding hydrogens is 382 g/mol. The number of aromatic nitrogens is 1. The highest BCUT2D eigenvalue weighted by Gasteiger charge is 2.58. The van der Waals surface area contributed by atoms with Gasteiger partial charge in [0, 0.05) is 6.20 Å². The molecule has 0 radical (unpaired) electrons. The zero-order chi connectivity index (χ0) is 21.6. The minimum Gasteiger partial charge on any atom is -0.393 e. The third kappa shape index (κ3) is 3.70. The van der Waals surface area contributed by atoms with Crippen LogP contribution in [0.4, 0.5) is 0 Å². The van der Waals surface area contributed by atoms with Crippen molar-refractivity contribution in [3.05, 3.63) is 41.7 Å². The molecule has 0 aromatic carbocycles. The van der Waals surface area contributed by atoms with Gasteiger partial charge in [0.15, 0.2) is 0 Å². The predicted molar refractivity (Wildman–Crippen MR) is 124 cm³/mol. The molecule has 4 aliphatic carbocycles. The zero-order valence-electron chi connectivity index (χ0n) is 19.5. The first-order valence-corrected chi connectivity index (χ1v) is 12.9. The lowest BCUT2D eigenvalue weighted by Gasteiger charge is -2.58. The largest absolute Gasteiger partial charge is 0.393 e. The van der Waals surface area contributed by atoms with E-state index in [4.69, 9.17) is 0 Å². The Kier molecular flexibility index (Phi) is 5.80. The van der Waals surface area contributed by atoms with Crippen LogP contribution in [0.3, 0.4) is 0 Å². The van der Waals surface area contributed by atoms with Crippen molar-refractivity contribution in [3.8, 4) is 0 Å². The normalized spacial score (nSPS) is 42.8. The molecule has 0 saturated heterocycles. The summed E-state index contributed by atoms with van der Waals surface area (Å²) in [6, 6.07) is 5.81. The zero-order valence-corrected chi connectivity index (χ0v) is 19.5. The Labute approximate surface area is 188 Å². The van der Waals surface area contributed by atoms with E-state index in [-0.39, 0.29) is 6.10 Å². The minimum absolute atomic E-state index is 0.109. The van der Waals surface area contributed by atoms with Gasteiger partial charge in [-0.3, -0.25) is 4.98 Å². The van der Waals surface area contributed by atoms with Gasteiger partial charge in [-0.2, -0.15) is 0 Å². The molecule has 3 nitrogen and oxygen atoms in total. The molecule has 0 aliphatic heterocycles. The number of nitrogens with zero attached hydrogens (tertiary/aromatic N) is 1. The fraction of sp³-hybridized carbons (Fsp3) is 0.750. The van der Waals surface area contributed by atoms with Crippen LogP contribution in [0.2, 0.25) is 0 Å². The molecule has 0 spiro atoms. The second-order valence-electron chi connectivity index (χ2n) is 11.7. The van der Waals surface area contributed by atoms with E-state index in [1.54, 1.807) is 11.8 Å². The summed E-state index contributed by atoms with van der Waals surface area (Å²) in [5, 5.41) is 20.7. The summed E-state index contributed by atoms with van der Waals surface area (Å²) >= 11 is 0. The number of rotatable bonds is 5. The molecule has 2 N–H and O–H groups in total. The van der Waals surface area contributed by atoms with Crippen LogP contribution < -0.4 is 0 Å². The number of hydrogen-bond donors (Lipinski definition) is 2. The van der Waals surface area contributed by atoms with E-state index in [0.717, 1.165) is 55.0 Å². The van der Waals surface area contributed by atoms with Crippen LogP contribution in [0.1, 0.15) is 96.3 Å². The molecule has 1 aromatic heterocycles. The fourth-order valence-corrected chi connectivity index (χ4v) is 8.50. The Hall–Kier alpha value is -1.19. The average molecular weight is 424 g/mol. The van der Waals surface area contributed by atoms with Crippen LogP contribution >= 0.6 is 0 Å². The third-order valence-corrected chi connectivity index (χ3v) is 10.3. The van der Waals surface area contributed by atoms with Crippen molar-refractivity contribution in [1.82, 2.24) is 4.98 Å². The Morgan fingerprint density at radius 3 is 2.77 bits per heavy atom. The van der Waals surface area contributed by atoms with Gasteiger partial charge < -0.3 is 10.2 Å². The quantitative estimate of drug-likeness (QED) is 0.552. The maximum atomic E-state index is 10.5. The maximum Gasteiger partial charge on any atom is 0.0959 e. The van der Waals surface area contributed by atoms with E-state index in [0.29, 0.717) is 10.8 Å². The number of aliphatic hydroxyl groups excluding tert-OH is 2. The first-order valence-electron chi connectivity index (χ1n) is 12.9. The van der Waals surface area contributed by atoms with E-state index in [2.05, 4.69) is 24.9 Å². The van der Waals surface area contributed by atoms with E-state index in [1.165, 1.54) is 44.9 Å². The van der Waals surface area contributed by atoms with Gasteiger partial charge in [-0.25, -0.2) is 0 Å². The number of aliphatic hydroxyl groups is 2. The Morgan fingerprint density at radius 2 is 1.97 bits per heavy atom. The lowest BCUT2D eigenvalue weighted by atomic mass is 9.47. The van der Waals surface area contributed by atoms with Crippen LogP contribution in [0, 0.1) is 34.5 Å². The van der Waals surface area contributed by atoms with Gasteiger partial charge in [-0.1, -0.05) is 38.0 Å². The van der Waals surface area contributed by atoms with Crippen molar-refractivity contribution >= 4 is 0 Å². The van der Waals surface area contributed by atoms with Crippen LogP contribution in [-0.4, -0.2) is 21.3 Å². The summed E-state index contributed by atoms with van der Waals surface area (Å²) in [4.78, 5) is 4.33. The third-order valence-electron chi connectivity index (χ3n) is 10.3. The number of fused-ring (bicyclic) bond motifs is 5. The predicted octanol–water partition coefficient (Wildman–Crippen LogP) is 6.23. The highest BCUT2D eigenvalue weighted by Crippen LogP contribution is 2.66. The van der Waals surface area contributed by atoms with Gasteiger partial charge in [0.25, 0.3) is 0 Å². The smallest absolute Gasteiger partial charge is 0.0959 e. The molecule has 170 valence electrons. The van der Waals surface area contributed by atoms with Gasteiger partial charge >= 0.3 is 0 Å². The molecule has 1 aromatic rings. The van der Waals surface area contributed by atoms with Crippen molar-refractivity contribution in [2.45, 2.75) is 96.7 Å². The van der Waals surface area contributed by atoms with Crippen molar-refractivity contribution in [2.75, 3.05) is 0 Å². The Morgan fingerprint density at radius 1 is 1.10 bits per heavy atom. The highest BCUT2D eigenvalue weighted by atomic mass is 16.3. The summed E-state index contributed by atoms with van der Waals surface area (Å²) < 4.78 is 0. The fourth-order valence-electron chi connectivity index (χ4n) is 8.50. The van der Waals surface area contributed by atoms with Crippen LogP contribution in [0.15, 0.2) is 36.0 Å². The topological polar surface area (TPSA) is 53.4 Å². The second-order valence-corrected chi connectivity index (χ2v) is 11.7. The number of pyridine rings is 1. The summed E-state index contributed by atoms with van der Waals surface area (Å²) in [6.45, 7) is 5.13. The highest BCUT2D eigenvalue weighted by molar-refractivity contribution is 5.25. The molecule has 3 fully saturated rings. The van der Waals surface area contributed by atoms with Gasteiger partial charge in [0.1, 0.15) is 0 Å². The summed E-state index contributed by atoms with van der Waals surface area (Å²) in [5.74, 6) is 3.33. The summed E-state index contributed by atoms with van der Waals surface area (Å²) in [6.07, 6.45) is 16.8. The SMILES string of the molecule is CC12CCC(O)CC1=CCC1C2CCC2(C)C(CCCC(O)c3ccccn3)CCC12. The van der Waals surface area contributed by atoms with Crippen molar-refractivity contribution in [3.63, 3.8) is 0 Å². The van der Waals surface area contributed by atoms with Crippen molar-refractivity contribution < 1.29 is 10.2 Å². The van der Waals surface area contributed by atoms with E-state index >= 15 is 0 Å². The molecule has 8 unspecified atom stereocenters. The van der Waals surface area contributed by atoms with Crippen molar-refractivity contribution in [1.29, 1.82) is 0 Å². The van der Waals surface area contributed by atoms with E-state index in [1.807, 2.05) is 18.2 Å². The molecule has 3 heteroatoms. The first-order chi connectivity index (χ1) is 14.9. The van der Waals surface area contributed by atoms with Crippen LogP contribution in [-0.2, 0) is 0 Å². The van der Waals surface area contributed by atoms with E-state index in [9.17, 15) is 10.2 Å². The number of allylic oxidation sites excluding steroid dienone is 1. The van der Waals surface area contributed by atoms with Gasteiger partial charge in [0.05, 0.1) is 17.9 Å². The average Bonchev–Trinajstić information content (AvgIpc) is 3.11. The standard InChI is InChI=1S/C28H41NO2/c1-27-16-14-24-22(11-9-20-18-21(30)13-15-28(20,24)2)23(27)12-10-19(27)6-5-8-26(31)25-7-3-4-17-29-25/h3-4,7,9,17,19,21-24,26,30-31H,5-6,8,10-16,18H2,1-2H3. The van der Waals surface area contributed by atoms with Gasteiger partial charge in [-0.15, -0.1) is 0 Å². The molecular formula is C28H41NO2. The molecule has 0 amide bonds. The lowest BCUT2D eigenvalue weighted by Crippen LogP contribution is -2.50. The van der Waals surface area contributed by atoms with Gasteiger partial charge in [-0.05, 0) is 111 Å². The second kappa shape index (κ2) is 8.30. The summed E-state index contributed by atoms with van der Waals surface area (Å²) in [5.41, 5.74) is 3.21. The monoisotopic (exact) mass is 423 g/mol. The maximum absolute atomic E-state index is 10.5. The van der Waals surface area contributed by atoms with Crippen LogP contribution in [0.5, 0.6) is 0 Å². The molecule has 5 rings (SSSR count).